The molecule has 0 atom stereocenters. The van der Waals surface area contributed by atoms with E-state index in [1.54, 1.807) is 38.4 Å². The summed E-state index contributed by atoms with van der Waals surface area (Å²) in [6.07, 6.45) is -0.227. The number of para-hydroxylation sites is 1. The van der Waals surface area contributed by atoms with Gasteiger partial charge in [0, 0.05) is 25.5 Å². The highest BCUT2D eigenvalue weighted by atomic mass is 35.5. The number of hydrogen-bond acceptors (Lipinski definition) is 4. The standard InChI is InChI=1S/C18H19ClN2O4S/c1-21(2)18(23)15-5-3-4-6-16(15)20-17(22)11-12-26(24,25)14-9-7-13(19)8-10-14/h3-10H,11-12H2,1-2H3,(H,20,22). The van der Waals surface area contributed by atoms with Crippen LogP contribution in [0.5, 0.6) is 0 Å². The number of rotatable bonds is 6. The number of hydrogen-bond donors (Lipinski definition) is 1. The molecule has 0 aromatic heterocycles. The average molecular weight is 395 g/mol. The van der Waals surface area contributed by atoms with Crippen molar-refractivity contribution in [1.29, 1.82) is 0 Å². The van der Waals surface area contributed by atoms with Gasteiger partial charge in [0.1, 0.15) is 0 Å². The molecule has 26 heavy (non-hydrogen) atoms. The van der Waals surface area contributed by atoms with Crippen LogP contribution in [-0.4, -0.2) is 45.0 Å². The van der Waals surface area contributed by atoms with Gasteiger partial charge in [0.15, 0.2) is 9.84 Å². The van der Waals surface area contributed by atoms with Crippen LogP contribution in [0.4, 0.5) is 5.69 Å². The number of carbonyl (C=O) groups is 2. The van der Waals surface area contributed by atoms with Crippen molar-refractivity contribution in [2.24, 2.45) is 0 Å². The zero-order valence-corrected chi connectivity index (χ0v) is 16.0. The van der Waals surface area contributed by atoms with Crippen molar-refractivity contribution in [1.82, 2.24) is 4.90 Å². The molecule has 1 N–H and O–H groups in total. The summed E-state index contributed by atoms with van der Waals surface area (Å²) in [5, 5.41) is 3.04. The number of sulfone groups is 1. The first-order chi connectivity index (χ1) is 12.2. The van der Waals surface area contributed by atoms with E-state index in [9.17, 15) is 18.0 Å². The number of amides is 2. The maximum absolute atomic E-state index is 12.3. The Kier molecular flexibility index (Phi) is 6.39. The number of carbonyl (C=O) groups excluding carboxylic acids is 2. The second-order valence-corrected chi connectivity index (χ2v) is 8.36. The molecular formula is C18H19ClN2O4S. The summed E-state index contributed by atoms with van der Waals surface area (Å²) in [5.74, 6) is -1.08. The van der Waals surface area contributed by atoms with Crippen LogP contribution in [0.3, 0.4) is 0 Å². The fraction of sp³-hybridized carbons (Fsp3) is 0.222. The Morgan fingerprint density at radius 2 is 1.65 bits per heavy atom. The second-order valence-electron chi connectivity index (χ2n) is 5.82. The van der Waals surface area contributed by atoms with E-state index in [4.69, 9.17) is 11.6 Å². The molecule has 6 nitrogen and oxygen atoms in total. The van der Waals surface area contributed by atoms with E-state index in [-0.39, 0.29) is 23.0 Å². The SMILES string of the molecule is CN(C)C(=O)c1ccccc1NC(=O)CCS(=O)(=O)c1ccc(Cl)cc1. The molecule has 0 aliphatic carbocycles. The Morgan fingerprint density at radius 1 is 1.04 bits per heavy atom. The lowest BCUT2D eigenvalue weighted by atomic mass is 10.1. The minimum Gasteiger partial charge on any atom is -0.345 e. The van der Waals surface area contributed by atoms with Crippen molar-refractivity contribution in [3.05, 3.63) is 59.1 Å². The van der Waals surface area contributed by atoms with Gasteiger partial charge in [0.05, 0.1) is 21.9 Å². The Morgan fingerprint density at radius 3 is 2.27 bits per heavy atom. The molecule has 0 saturated carbocycles. The maximum atomic E-state index is 12.3. The highest BCUT2D eigenvalue weighted by Crippen LogP contribution is 2.18. The Balaban J connectivity index is 2.06. The predicted octanol–water partition coefficient (Wildman–Crippen LogP) is 2.84. The van der Waals surface area contributed by atoms with Gasteiger partial charge in [-0.15, -0.1) is 0 Å². The molecule has 0 saturated heterocycles. The van der Waals surface area contributed by atoms with Crippen LogP contribution in [0.15, 0.2) is 53.4 Å². The van der Waals surface area contributed by atoms with Gasteiger partial charge in [-0.2, -0.15) is 0 Å². The molecule has 0 radical (unpaired) electrons. The van der Waals surface area contributed by atoms with Gasteiger partial charge < -0.3 is 10.2 Å². The normalized spacial score (nSPS) is 11.0. The van der Waals surface area contributed by atoms with Crippen molar-refractivity contribution in [2.75, 3.05) is 25.2 Å². The Bertz CT molecular complexity index is 909. The van der Waals surface area contributed by atoms with Crippen LogP contribution in [0.25, 0.3) is 0 Å². The molecule has 0 bridgehead atoms. The third kappa shape index (κ3) is 5.06. The summed E-state index contributed by atoms with van der Waals surface area (Å²) >= 11 is 5.75. The highest BCUT2D eigenvalue weighted by molar-refractivity contribution is 7.91. The molecule has 0 aliphatic rings. The van der Waals surface area contributed by atoms with E-state index in [0.29, 0.717) is 16.3 Å². The van der Waals surface area contributed by atoms with Gasteiger partial charge in [-0.05, 0) is 36.4 Å². The van der Waals surface area contributed by atoms with E-state index in [2.05, 4.69) is 5.32 Å². The lowest BCUT2D eigenvalue weighted by Gasteiger charge is -2.14. The zero-order chi connectivity index (χ0) is 19.3. The number of nitrogens with zero attached hydrogens (tertiary/aromatic N) is 1. The van der Waals surface area contributed by atoms with Crippen molar-refractivity contribution in [3.63, 3.8) is 0 Å². The van der Waals surface area contributed by atoms with Crippen molar-refractivity contribution < 1.29 is 18.0 Å². The van der Waals surface area contributed by atoms with E-state index in [1.807, 2.05) is 0 Å². The first-order valence-electron chi connectivity index (χ1n) is 7.79. The van der Waals surface area contributed by atoms with Gasteiger partial charge in [-0.3, -0.25) is 9.59 Å². The smallest absolute Gasteiger partial charge is 0.255 e. The lowest BCUT2D eigenvalue weighted by molar-refractivity contribution is -0.115. The van der Waals surface area contributed by atoms with Gasteiger partial charge in [0.2, 0.25) is 5.91 Å². The molecule has 0 spiro atoms. The average Bonchev–Trinajstić information content (AvgIpc) is 2.60. The van der Waals surface area contributed by atoms with Gasteiger partial charge >= 0.3 is 0 Å². The minimum atomic E-state index is -3.60. The zero-order valence-electron chi connectivity index (χ0n) is 14.4. The van der Waals surface area contributed by atoms with E-state index in [0.717, 1.165) is 0 Å². The van der Waals surface area contributed by atoms with Crippen LogP contribution in [-0.2, 0) is 14.6 Å². The molecule has 2 aromatic rings. The summed E-state index contributed by atoms with van der Waals surface area (Å²) in [6.45, 7) is 0. The van der Waals surface area contributed by atoms with Crippen LogP contribution in [0, 0.1) is 0 Å². The van der Waals surface area contributed by atoms with Crippen LogP contribution >= 0.6 is 11.6 Å². The molecule has 0 heterocycles. The summed E-state index contributed by atoms with van der Waals surface area (Å²) in [6, 6.07) is 12.4. The molecule has 0 aliphatic heterocycles. The second kappa shape index (κ2) is 8.33. The van der Waals surface area contributed by atoms with E-state index < -0.39 is 15.7 Å². The Hall–Kier alpha value is -2.38. The summed E-state index contributed by atoms with van der Waals surface area (Å²) in [7, 11) is -0.377. The summed E-state index contributed by atoms with van der Waals surface area (Å²) < 4.78 is 24.6. The quantitative estimate of drug-likeness (QED) is 0.816. The van der Waals surface area contributed by atoms with Gasteiger partial charge in [0.25, 0.3) is 5.91 Å². The third-order valence-electron chi connectivity index (χ3n) is 3.61. The first-order valence-corrected chi connectivity index (χ1v) is 9.82. The third-order valence-corrected chi connectivity index (χ3v) is 5.59. The molecule has 8 heteroatoms. The van der Waals surface area contributed by atoms with Crippen molar-refractivity contribution >= 4 is 38.9 Å². The van der Waals surface area contributed by atoms with E-state index in [1.165, 1.54) is 29.2 Å². The number of anilines is 1. The summed E-state index contributed by atoms with van der Waals surface area (Å²) in [5.41, 5.74) is 0.687. The fourth-order valence-corrected chi connectivity index (χ4v) is 3.59. The molecule has 0 fully saturated rings. The molecule has 2 amide bonds. The first kappa shape index (κ1) is 19.9. The summed E-state index contributed by atoms with van der Waals surface area (Å²) in [4.78, 5) is 25.8. The molecule has 138 valence electrons. The van der Waals surface area contributed by atoms with E-state index >= 15 is 0 Å². The van der Waals surface area contributed by atoms with Crippen LogP contribution in [0.1, 0.15) is 16.8 Å². The topological polar surface area (TPSA) is 83.6 Å². The van der Waals surface area contributed by atoms with Crippen LogP contribution in [0.2, 0.25) is 5.02 Å². The predicted molar refractivity (Wildman–Crippen MR) is 101 cm³/mol. The Labute approximate surface area is 157 Å². The monoisotopic (exact) mass is 394 g/mol. The number of nitrogens with one attached hydrogen (secondary N) is 1. The number of halogens is 1. The van der Waals surface area contributed by atoms with Crippen LogP contribution < -0.4 is 5.32 Å². The maximum Gasteiger partial charge on any atom is 0.255 e. The van der Waals surface area contributed by atoms with Gasteiger partial charge in [-0.1, -0.05) is 23.7 Å². The minimum absolute atomic E-state index is 0.109. The molecule has 2 rings (SSSR count). The lowest BCUT2D eigenvalue weighted by Crippen LogP contribution is -2.24. The molecular weight excluding hydrogens is 376 g/mol. The number of benzene rings is 2. The highest BCUT2D eigenvalue weighted by Gasteiger charge is 2.18. The van der Waals surface area contributed by atoms with Gasteiger partial charge in [-0.25, -0.2) is 8.42 Å². The van der Waals surface area contributed by atoms with Crippen molar-refractivity contribution in [2.45, 2.75) is 11.3 Å². The molecule has 2 aromatic carbocycles. The molecule has 0 unspecified atom stereocenters. The largest absolute Gasteiger partial charge is 0.345 e. The van der Waals surface area contributed by atoms with Crippen molar-refractivity contribution in [3.8, 4) is 0 Å². The fourth-order valence-electron chi connectivity index (χ4n) is 2.22.